The van der Waals surface area contributed by atoms with E-state index in [1.807, 2.05) is 25.1 Å². The van der Waals surface area contributed by atoms with Crippen molar-refractivity contribution < 1.29 is 4.79 Å². The van der Waals surface area contributed by atoms with Crippen molar-refractivity contribution in [3.63, 3.8) is 0 Å². The molecule has 1 amide bonds. The van der Waals surface area contributed by atoms with Crippen LogP contribution in [0.4, 0.5) is 5.82 Å². The number of amides is 1. The Morgan fingerprint density at radius 1 is 1.29 bits per heavy atom. The molecule has 0 radical (unpaired) electrons. The molecule has 5 nitrogen and oxygen atoms in total. The van der Waals surface area contributed by atoms with Gasteiger partial charge in [-0.05, 0) is 31.4 Å². The van der Waals surface area contributed by atoms with Gasteiger partial charge in [0.25, 0.3) is 0 Å². The van der Waals surface area contributed by atoms with Crippen LogP contribution in [0.25, 0.3) is 10.9 Å². The van der Waals surface area contributed by atoms with Gasteiger partial charge in [0.15, 0.2) is 0 Å². The van der Waals surface area contributed by atoms with Gasteiger partial charge >= 0.3 is 0 Å². The molecule has 1 fully saturated rings. The second-order valence-electron chi connectivity index (χ2n) is 5.74. The van der Waals surface area contributed by atoms with Crippen LogP contribution in [0.2, 0.25) is 0 Å². The normalized spacial score (nSPS) is 22.1. The van der Waals surface area contributed by atoms with Crippen molar-refractivity contribution >= 4 is 22.6 Å². The maximum Gasteiger partial charge on any atom is 0.222 e. The highest BCUT2D eigenvalue weighted by atomic mass is 16.1. The Bertz CT molecular complexity index is 665. The van der Waals surface area contributed by atoms with Crippen LogP contribution in [0.1, 0.15) is 31.2 Å². The van der Waals surface area contributed by atoms with Crippen molar-refractivity contribution in [1.29, 1.82) is 0 Å². The zero-order valence-corrected chi connectivity index (χ0v) is 12.2. The van der Waals surface area contributed by atoms with Gasteiger partial charge in [-0.25, -0.2) is 9.97 Å². The molecule has 3 rings (SSSR count). The van der Waals surface area contributed by atoms with Gasteiger partial charge in [0.1, 0.15) is 12.1 Å². The number of carbonyl (C=O) groups excluding carboxylic acids is 1. The lowest BCUT2D eigenvalue weighted by Crippen LogP contribution is -2.40. The first kappa shape index (κ1) is 13.8. The molecular weight excluding hydrogens is 264 g/mol. The summed E-state index contributed by atoms with van der Waals surface area (Å²) in [6.07, 6.45) is 5.55. The maximum absolute atomic E-state index is 11.6. The first-order valence-corrected chi connectivity index (χ1v) is 7.43. The van der Waals surface area contributed by atoms with E-state index in [4.69, 9.17) is 5.73 Å². The molecule has 1 saturated carbocycles. The average Bonchev–Trinajstić information content (AvgIpc) is 2.48. The highest BCUT2D eigenvalue weighted by molar-refractivity contribution is 5.92. The van der Waals surface area contributed by atoms with E-state index in [2.05, 4.69) is 15.3 Å². The van der Waals surface area contributed by atoms with Crippen molar-refractivity contribution in [1.82, 2.24) is 9.97 Å². The Morgan fingerprint density at radius 2 is 2.10 bits per heavy atom. The summed E-state index contributed by atoms with van der Waals surface area (Å²) in [7, 11) is 0. The second kappa shape index (κ2) is 5.68. The number of nitrogens with zero attached hydrogens (tertiary/aromatic N) is 2. The van der Waals surface area contributed by atoms with Gasteiger partial charge in [0.2, 0.25) is 5.91 Å². The minimum absolute atomic E-state index is 0.0638. The van der Waals surface area contributed by atoms with Crippen molar-refractivity contribution in [2.24, 2.45) is 11.7 Å². The number of nitrogens with one attached hydrogen (secondary N) is 1. The minimum atomic E-state index is -0.220. The number of aryl methyl sites for hydroxylation is 1. The van der Waals surface area contributed by atoms with E-state index in [1.54, 1.807) is 6.33 Å². The summed E-state index contributed by atoms with van der Waals surface area (Å²) in [5.74, 6) is 0.464. The third-order valence-electron chi connectivity index (χ3n) is 4.32. The summed E-state index contributed by atoms with van der Waals surface area (Å²) in [6.45, 7) is 2.04. The molecule has 2 atom stereocenters. The largest absolute Gasteiger partial charge is 0.369 e. The summed E-state index contributed by atoms with van der Waals surface area (Å²) in [5, 5.41) is 4.47. The Labute approximate surface area is 124 Å². The summed E-state index contributed by atoms with van der Waals surface area (Å²) in [6, 6.07) is 6.07. The molecule has 1 aliphatic rings. The Morgan fingerprint density at radius 3 is 2.90 bits per heavy atom. The summed E-state index contributed by atoms with van der Waals surface area (Å²) in [5.41, 5.74) is 7.58. The number of primary amides is 1. The quantitative estimate of drug-likeness (QED) is 0.906. The number of anilines is 1. The number of fused-ring (bicyclic) bond motifs is 1. The average molecular weight is 284 g/mol. The van der Waals surface area contributed by atoms with Crippen LogP contribution in [-0.2, 0) is 4.79 Å². The fourth-order valence-electron chi connectivity index (χ4n) is 3.21. The van der Waals surface area contributed by atoms with Crippen molar-refractivity contribution in [2.45, 2.75) is 38.6 Å². The van der Waals surface area contributed by atoms with Crippen molar-refractivity contribution in [3.8, 4) is 0 Å². The van der Waals surface area contributed by atoms with Crippen LogP contribution in [0, 0.1) is 12.8 Å². The SMILES string of the molecule is Cc1cccc2ncnc(N[C@H]3CCCC[C@@H]3C(N)=O)c12. The van der Waals surface area contributed by atoms with E-state index in [-0.39, 0.29) is 17.9 Å². The molecule has 110 valence electrons. The number of benzene rings is 1. The molecule has 0 saturated heterocycles. The molecule has 0 unspecified atom stereocenters. The monoisotopic (exact) mass is 284 g/mol. The van der Waals surface area contributed by atoms with Gasteiger partial charge in [0, 0.05) is 11.4 Å². The number of hydrogen-bond donors (Lipinski definition) is 2. The van der Waals surface area contributed by atoms with Gasteiger partial charge in [-0.1, -0.05) is 25.0 Å². The molecule has 3 N–H and O–H groups in total. The Balaban J connectivity index is 1.95. The molecule has 0 spiro atoms. The standard InChI is InChI=1S/C16H20N4O/c1-10-5-4-8-13-14(10)16(19-9-18-13)20-12-7-3-2-6-11(12)15(17)21/h4-5,8-9,11-12H,2-3,6-7H2,1H3,(H2,17,21)(H,18,19,20)/t11-,12-/m0/s1. The lowest BCUT2D eigenvalue weighted by Gasteiger charge is -2.30. The maximum atomic E-state index is 11.6. The Hall–Kier alpha value is -2.17. The van der Waals surface area contributed by atoms with E-state index in [1.165, 1.54) is 0 Å². The van der Waals surface area contributed by atoms with Crippen molar-refractivity contribution in [2.75, 3.05) is 5.32 Å². The zero-order valence-electron chi connectivity index (χ0n) is 12.2. The predicted molar refractivity (Wildman–Crippen MR) is 82.8 cm³/mol. The second-order valence-corrected chi connectivity index (χ2v) is 5.74. The van der Waals surface area contributed by atoms with Gasteiger partial charge in [-0.3, -0.25) is 4.79 Å². The smallest absolute Gasteiger partial charge is 0.222 e. The molecule has 1 aromatic carbocycles. The number of aromatic nitrogens is 2. The molecule has 1 aliphatic carbocycles. The summed E-state index contributed by atoms with van der Waals surface area (Å²) >= 11 is 0. The minimum Gasteiger partial charge on any atom is -0.369 e. The van der Waals surface area contributed by atoms with Crippen LogP contribution < -0.4 is 11.1 Å². The van der Waals surface area contributed by atoms with Crippen LogP contribution in [0.15, 0.2) is 24.5 Å². The molecule has 5 heteroatoms. The van der Waals surface area contributed by atoms with Gasteiger partial charge in [-0.15, -0.1) is 0 Å². The molecule has 1 aromatic heterocycles. The van der Waals surface area contributed by atoms with E-state index in [0.717, 1.165) is 48.0 Å². The predicted octanol–water partition coefficient (Wildman–Crippen LogP) is 2.39. The zero-order chi connectivity index (χ0) is 14.8. The van der Waals surface area contributed by atoms with E-state index in [0.29, 0.717) is 0 Å². The van der Waals surface area contributed by atoms with Crippen molar-refractivity contribution in [3.05, 3.63) is 30.1 Å². The molecule has 2 aromatic rings. The first-order chi connectivity index (χ1) is 10.2. The van der Waals surface area contributed by atoms with E-state index < -0.39 is 0 Å². The molecule has 0 bridgehead atoms. The number of carbonyl (C=O) groups is 1. The van der Waals surface area contributed by atoms with Gasteiger partial charge in [0.05, 0.1) is 11.4 Å². The van der Waals surface area contributed by atoms with Crippen LogP contribution in [0.3, 0.4) is 0 Å². The van der Waals surface area contributed by atoms with Gasteiger partial charge < -0.3 is 11.1 Å². The lowest BCUT2D eigenvalue weighted by molar-refractivity contribution is -0.122. The number of nitrogens with two attached hydrogens (primary N) is 1. The summed E-state index contributed by atoms with van der Waals surface area (Å²) < 4.78 is 0. The first-order valence-electron chi connectivity index (χ1n) is 7.43. The number of rotatable bonds is 3. The van der Waals surface area contributed by atoms with Crippen LogP contribution in [-0.4, -0.2) is 21.9 Å². The third kappa shape index (κ3) is 2.68. The van der Waals surface area contributed by atoms with Crippen LogP contribution in [0.5, 0.6) is 0 Å². The molecule has 0 aliphatic heterocycles. The topological polar surface area (TPSA) is 80.9 Å². The van der Waals surface area contributed by atoms with Crippen LogP contribution >= 0.6 is 0 Å². The highest BCUT2D eigenvalue weighted by Gasteiger charge is 2.29. The van der Waals surface area contributed by atoms with E-state index in [9.17, 15) is 4.79 Å². The fourth-order valence-corrected chi connectivity index (χ4v) is 3.21. The molecule has 21 heavy (non-hydrogen) atoms. The molecule has 1 heterocycles. The molecular formula is C16H20N4O. The highest BCUT2D eigenvalue weighted by Crippen LogP contribution is 2.29. The lowest BCUT2D eigenvalue weighted by atomic mass is 9.84. The van der Waals surface area contributed by atoms with Gasteiger partial charge in [-0.2, -0.15) is 0 Å². The fraction of sp³-hybridized carbons (Fsp3) is 0.438. The summed E-state index contributed by atoms with van der Waals surface area (Å²) in [4.78, 5) is 20.3. The number of hydrogen-bond acceptors (Lipinski definition) is 4. The third-order valence-corrected chi connectivity index (χ3v) is 4.32. The van der Waals surface area contributed by atoms with E-state index >= 15 is 0 Å². The Kier molecular flexibility index (Phi) is 3.73.